The van der Waals surface area contributed by atoms with Crippen molar-refractivity contribution in [3.8, 4) is 17.6 Å². The molecule has 19 heavy (non-hydrogen) atoms. The third-order valence-electron chi connectivity index (χ3n) is 2.97. The van der Waals surface area contributed by atoms with E-state index in [1.165, 1.54) is 0 Å². The minimum atomic E-state index is 0.134. The van der Waals surface area contributed by atoms with E-state index in [1.807, 2.05) is 18.2 Å². The van der Waals surface area contributed by atoms with Crippen molar-refractivity contribution in [3.63, 3.8) is 0 Å². The third-order valence-corrected chi connectivity index (χ3v) is 2.97. The summed E-state index contributed by atoms with van der Waals surface area (Å²) >= 11 is 0. The van der Waals surface area contributed by atoms with Crippen molar-refractivity contribution in [2.45, 2.75) is 38.6 Å². The number of rotatable bonds is 8. The third kappa shape index (κ3) is 5.19. The smallest absolute Gasteiger partial charge is 0.126 e. The van der Waals surface area contributed by atoms with E-state index in [2.05, 4.69) is 13.0 Å². The molecule has 0 fully saturated rings. The molecule has 0 aliphatic heterocycles. The van der Waals surface area contributed by atoms with Crippen LogP contribution in [0.4, 0.5) is 0 Å². The number of unbranched alkanes of at least 4 members (excludes halogenated alkanes) is 1. The second kappa shape index (κ2) is 8.39. The van der Waals surface area contributed by atoms with Gasteiger partial charge in [-0.3, -0.25) is 0 Å². The van der Waals surface area contributed by atoms with E-state index in [4.69, 9.17) is 20.5 Å². The van der Waals surface area contributed by atoms with E-state index < -0.39 is 0 Å². The predicted molar refractivity (Wildman–Crippen MR) is 75.3 cm³/mol. The summed E-state index contributed by atoms with van der Waals surface area (Å²) in [4.78, 5) is 0. The Morgan fingerprint density at radius 2 is 2.21 bits per heavy atom. The second-order valence-electron chi connectivity index (χ2n) is 4.46. The van der Waals surface area contributed by atoms with Crippen LogP contribution in [0.25, 0.3) is 0 Å². The molecule has 0 aliphatic rings. The highest BCUT2D eigenvalue weighted by molar-refractivity contribution is 5.41. The summed E-state index contributed by atoms with van der Waals surface area (Å²) in [5.74, 6) is 1.57. The zero-order valence-electron chi connectivity index (χ0n) is 11.7. The van der Waals surface area contributed by atoms with Crippen LogP contribution in [0.3, 0.4) is 0 Å². The number of hydrogen-bond acceptors (Lipinski definition) is 4. The van der Waals surface area contributed by atoms with Gasteiger partial charge in [0, 0.05) is 18.5 Å². The van der Waals surface area contributed by atoms with Crippen LogP contribution in [0.2, 0.25) is 0 Å². The lowest BCUT2D eigenvalue weighted by Gasteiger charge is -2.15. The molecule has 1 rings (SSSR count). The monoisotopic (exact) mass is 262 g/mol. The summed E-state index contributed by atoms with van der Waals surface area (Å²) in [6.45, 7) is 2.61. The van der Waals surface area contributed by atoms with Gasteiger partial charge in [0.2, 0.25) is 0 Å². The lowest BCUT2D eigenvalue weighted by molar-refractivity contribution is 0.306. The van der Waals surface area contributed by atoms with Crippen molar-refractivity contribution in [1.82, 2.24) is 0 Å². The standard InChI is InChI=1S/C15H22N2O2/c1-3-13(17)10-12-6-7-14(18-2)11-15(12)19-9-5-4-8-16/h6-7,11,13H,3-5,9-10,17H2,1-2H3. The normalized spacial score (nSPS) is 11.7. The van der Waals surface area contributed by atoms with Crippen LogP contribution in [0.15, 0.2) is 18.2 Å². The Labute approximate surface area is 115 Å². The largest absolute Gasteiger partial charge is 0.497 e. The number of nitrogens with zero attached hydrogens (tertiary/aromatic N) is 1. The Hall–Kier alpha value is -1.73. The molecule has 0 saturated carbocycles. The average Bonchev–Trinajstić information content (AvgIpc) is 2.44. The Bertz CT molecular complexity index is 427. The number of hydrogen-bond donors (Lipinski definition) is 1. The highest BCUT2D eigenvalue weighted by Crippen LogP contribution is 2.26. The summed E-state index contributed by atoms with van der Waals surface area (Å²) in [6, 6.07) is 8.03. The number of benzene rings is 1. The molecule has 4 heteroatoms. The maximum Gasteiger partial charge on any atom is 0.126 e. The topological polar surface area (TPSA) is 68.3 Å². The number of methoxy groups -OCH3 is 1. The molecule has 4 nitrogen and oxygen atoms in total. The molecule has 1 atom stereocenters. The van der Waals surface area contributed by atoms with Gasteiger partial charge in [0.1, 0.15) is 11.5 Å². The molecule has 0 radical (unpaired) electrons. The molecule has 0 spiro atoms. The van der Waals surface area contributed by atoms with Gasteiger partial charge < -0.3 is 15.2 Å². The summed E-state index contributed by atoms with van der Waals surface area (Å²) in [5, 5.41) is 8.51. The van der Waals surface area contributed by atoms with Gasteiger partial charge in [0.05, 0.1) is 19.8 Å². The number of nitrogens with two attached hydrogens (primary N) is 1. The van der Waals surface area contributed by atoms with Crippen molar-refractivity contribution >= 4 is 0 Å². The van der Waals surface area contributed by atoms with Crippen LogP contribution < -0.4 is 15.2 Å². The van der Waals surface area contributed by atoms with Gasteiger partial charge >= 0.3 is 0 Å². The molecular formula is C15H22N2O2. The lowest BCUT2D eigenvalue weighted by Crippen LogP contribution is -2.21. The van der Waals surface area contributed by atoms with Crippen LogP contribution in [-0.4, -0.2) is 19.8 Å². The van der Waals surface area contributed by atoms with E-state index in [-0.39, 0.29) is 6.04 Å². The van der Waals surface area contributed by atoms with Crippen LogP contribution in [0, 0.1) is 11.3 Å². The Morgan fingerprint density at radius 3 is 2.84 bits per heavy atom. The van der Waals surface area contributed by atoms with E-state index >= 15 is 0 Å². The first kappa shape index (κ1) is 15.3. The molecule has 1 aromatic rings. The Morgan fingerprint density at radius 1 is 1.42 bits per heavy atom. The Kier molecular flexibility index (Phi) is 6.76. The zero-order valence-corrected chi connectivity index (χ0v) is 11.7. The minimum Gasteiger partial charge on any atom is -0.497 e. The minimum absolute atomic E-state index is 0.134. The molecule has 0 aromatic heterocycles. The van der Waals surface area contributed by atoms with Crippen molar-refractivity contribution in [3.05, 3.63) is 23.8 Å². The maximum atomic E-state index is 8.51. The fraction of sp³-hybridized carbons (Fsp3) is 0.533. The summed E-state index contributed by atoms with van der Waals surface area (Å²) < 4.78 is 10.9. The quantitative estimate of drug-likeness (QED) is 0.731. The molecule has 1 aromatic carbocycles. The summed E-state index contributed by atoms with van der Waals surface area (Å²) in [7, 11) is 1.63. The molecule has 0 aliphatic carbocycles. The van der Waals surface area contributed by atoms with Crippen molar-refractivity contribution in [1.29, 1.82) is 5.26 Å². The molecule has 104 valence electrons. The van der Waals surface area contributed by atoms with Crippen LogP contribution >= 0.6 is 0 Å². The van der Waals surface area contributed by atoms with Crippen molar-refractivity contribution in [2.75, 3.05) is 13.7 Å². The molecular weight excluding hydrogens is 240 g/mol. The fourth-order valence-corrected chi connectivity index (χ4v) is 1.72. The van der Waals surface area contributed by atoms with Gasteiger partial charge in [-0.1, -0.05) is 13.0 Å². The Balaban J connectivity index is 2.74. The number of ether oxygens (including phenoxy) is 2. The molecule has 0 saturated heterocycles. The van der Waals surface area contributed by atoms with E-state index in [9.17, 15) is 0 Å². The van der Waals surface area contributed by atoms with Crippen LogP contribution in [0.1, 0.15) is 31.7 Å². The van der Waals surface area contributed by atoms with Gasteiger partial charge in [0.15, 0.2) is 0 Å². The molecule has 0 amide bonds. The molecule has 1 unspecified atom stereocenters. The SMILES string of the molecule is CCC(N)Cc1ccc(OC)cc1OCCCC#N. The summed E-state index contributed by atoms with van der Waals surface area (Å²) in [6.07, 6.45) is 2.95. The van der Waals surface area contributed by atoms with Crippen LogP contribution in [-0.2, 0) is 6.42 Å². The summed E-state index contributed by atoms with van der Waals surface area (Å²) in [5.41, 5.74) is 7.08. The highest BCUT2D eigenvalue weighted by atomic mass is 16.5. The van der Waals surface area contributed by atoms with Crippen molar-refractivity contribution < 1.29 is 9.47 Å². The molecule has 0 bridgehead atoms. The zero-order chi connectivity index (χ0) is 14.1. The average molecular weight is 262 g/mol. The van der Waals surface area contributed by atoms with Gasteiger partial charge in [-0.05, 0) is 30.9 Å². The maximum absolute atomic E-state index is 8.51. The van der Waals surface area contributed by atoms with Gasteiger partial charge in [-0.25, -0.2) is 0 Å². The first-order chi connectivity index (χ1) is 9.21. The van der Waals surface area contributed by atoms with Gasteiger partial charge in [0.25, 0.3) is 0 Å². The highest BCUT2D eigenvalue weighted by Gasteiger charge is 2.09. The predicted octanol–water partition coefficient (Wildman–Crippen LogP) is 2.66. The fourth-order valence-electron chi connectivity index (χ4n) is 1.72. The van der Waals surface area contributed by atoms with Gasteiger partial charge in [-0.2, -0.15) is 5.26 Å². The lowest BCUT2D eigenvalue weighted by atomic mass is 10.0. The first-order valence-electron chi connectivity index (χ1n) is 6.63. The number of nitriles is 1. The van der Waals surface area contributed by atoms with E-state index in [0.29, 0.717) is 13.0 Å². The molecule has 2 N–H and O–H groups in total. The second-order valence-corrected chi connectivity index (χ2v) is 4.46. The van der Waals surface area contributed by atoms with E-state index in [1.54, 1.807) is 7.11 Å². The van der Waals surface area contributed by atoms with Crippen molar-refractivity contribution in [2.24, 2.45) is 5.73 Å². The van der Waals surface area contributed by atoms with E-state index in [0.717, 1.165) is 36.3 Å². The van der Waals surface area contributed by atoms with Crippen LogP contribution in [0.5, 0.6) is 11.5 Å². The first-order valence-corrected chi connectivity index (χ1v) is 6.63. The van der Waals surface area contributed by atoms with Gasteiger partial charge in [-0.15, -0.1) is 0 Å². The molecule has 0 heterocycles.